The Morgan fingerprint density at radius 3 is 2.85 bits per heavy atom. The number of aromatic nitrogens is 3. The number of thioether (sulfide) groups is 2. The summed E-state index contributed by atoms with van der Waals surface area (Å²) in [6, 6.07) is 11.6. The third kappa shape index (κ3) is 4.04. The number of rotatable bonds is 7. The number of aryl methyl sites for hydroxylation is 1. The first-order chi connectivity index (χ1) is 12.6. The Labute approximate surface area is 162 Å². The fourth-order valence-corrected chi connectivity index (χ4v) is 3.72. The van der Waals surface area contributed by atoms with Gasteiger partial charge in [-0.3, -0.25) is 9.20 Å². The van der Waals surface area contributed by atoms with Gasteiger partial charge in [-0.2, -0.15) is 11.8 Å². The predicted octanol–water partition coefficient (Wildman–Crippen LogP) is 3.98. The lowest BCUT2D eigenvalue weighted by molar-refractivity contribution is 0.0933. The maximum Gasteiger partial charge on any atom is 0.252 e. The highest BCUT2D eigenvalue weighted by atomic mass is 32.2. The van der Waals surface area contributed by atoms with Crippen molar-refractivity contribution >= 4 is 35.1 Å². The van der Waals surface area contributed by atoms with E-state index in [-0.39, 0.29) is 11.9 Å². The van der Waals surface area contributed by atoms with Crippen LogP contribution >= 0.6 is 23.5 Å². The molecule has 26 heavy (non-hydrogen) atoms. The minimum atomic E-state index is -0.190. The molecule has 2 heterocycles. The van der Waals surface area contributed by atoms with Crippen LogP contribution in [0.15, 0.2) is 47.5 Å². The average Bonchev–Trinajstić information content (AvgIpc) is 3.09. The van der Waals surface area contributed by atoms with Crippen LogP contribution in [-0.2, 0) is 0 Å². The fraction of sp³-hybridized carbons (Fsp3) is 0.316. The Morgan fingerprint density at radius 1 is 1.23 bits per heavy atom. The summed E-state index contributed by atoms with van der Waals surface area (Å²) in [7, 11) is 0. The van der Waals surface area contributed by atoms with Crippen molar-refractivity contribution in [2.24, 2.45) is 0 Å². The van der Waals surface area contributed by atoms with Gasteiger partial charge in [0, 0.05) is 16.7 Å². The monoisotopic (exact) mass is 386 g/mol. The molecule has 0 aliphatic heterocycles. The third-order valence-corrected chi connectivity index (χ3v) is 5.63. The summed E-state index contributed by atoms with van der Waals surface area (Å²) < 4.78 is 1.94. The van der Waals surface area contributed by atoms with Gasteiger partial charge in [0.2, 0.25) is 0 Å². The maximum absolute atomic E-state index is 13.0. The fourth-order valence-electron chi connectivity index (χ4n) is 2.81. The quantitative estimate of drug-likeness (QED) is 0.622. The van der Waals surface area contributed by atoms with Gasteiger partial charge in [0.05, 0.1) is 6.04 Å². The van der Waals surface area contributed by atoms with Gasteiger partial charge in [-0.05, 0) is 61.4 Å². The summed E-state index contributed by atoms with van der Waals surface area (Å²) >= 11 is 3.38. The van der Waals surface area contributed by atoms with Crippen LogP contribution in [0.2, 0.25) is 0 Å². The molecule has 5 nitrogen and oxygen atoms in total. The summed E-state index contributed by atoms with van der Waals surface area (Å²) in [6.45, 7) is 1.96. The second-order valence-electron chi connectivity index (χ2n) is 5.98. The molecule has 0 aliphatic rings. The molecule has 1 N–H and O–H groups in total. The van der Waals surface area contributed by atoms with E-state index < -0.39 is 0 Å². The van der Waals surface area contributed by atoms with Crippen molar-refractivity contribution in [3.63, 3.8) is 0 Å². The molecule has 1 aromatic carbocycles. The first-order valence-electron chi connectivity index (χ1n) is 8.38. The molecule has 0 spiro atoms. The molecule has 1 unspecified atom stereocenters. The van der Waals surface area contributed by atoms with E-state index in [1.165, 1.54) is 0 Å². The second kappa shape index (κ2) is 8.60. The van der Waals surface area contributed by atoms with E-state index in [9.17, 15) is 4.79 Å². The number of benzene rings is 1. The van der Waals surface area contributed by atoms with Crippen molar-refractivity contribution in [2.45, 2.75) is 24.3 Å². The van der Waals surface area contributed by atoms with Crippen LogP contribution < -0.4 is 5.32 Å². The highest BCUT2D eigenvalue weighted by Gasteiger charge is 2.21. The van der Waals surface area contributed by atoms with E-state index in [1.807, 2.05) is 60.2 Å². The van der Waals surface area contributed by atoms with Crippen molar-refractivity contribution in [3.8, 4) is 0 Å². The summed E-state index contributed by atoms with van der Waals surface area (Å²) in [5.41, 5.74) is 2.46. The number of nitrogens with one attached hydrogen (secondary N) is 1. The van der Waals surface area contributed by atoms with Gasteiger partial charge >= 0.3 is 0 Å². The Bertz CT molecular complexity index is 909. The minimum Gasteiger partial charge on any atom is -0.342 e. The van der Waals surface area contributed by atoms with Crippen molar-refractivity contribution in [1.29, 1.82) is 0 Å². The molecule has 0 saturated heterocycles. The highest BCUT2D eigenvalue weighted by molar-refractivity contribution is 7.98. The number of pyridine rings is 1. The van der Waals surface area contributed by atoms with E-state index >= 15 is 0 Å². The highest BCUT2D eigenvalue weighted by Crippen LogP contribution is 2.22. The van der Waals surface area contributed by atoms with E-state index in [0.717, 1.165) is 34.1 Å². The smallest absolute Gasteiger partial charge is 0.252 e. The van der Waals surface area contributed by atoms with E-state index in [2.05, 4.69) is 21.8 Å². The first-order valence-corrected chi connectivity index (χ1v) is 11.0. The molecule has 3 aromatic rings. The molecule has 0 radical (unpaired) electrons. The van der Waals surface area contributed by atoms with Gasteiger partial charge in [-0.15, -0.1) is 22.0 Å². The van der Waals surface area contributed by atoms with Crippen molar-refractivity contribution in [2.75, 3.05) is 18.3 Å². The summed E-state index contributed by atoms with van der Waals surface area (Å²) in [5.74, 6) is 1.62. The third-order valence-electron chi connectivity index (χ3n) is 4.26. The van der Waals surface area contributed by atoms with Gasteiger partial charge in [-0.1, -0.05) is 12.1 Å². The zero-order valence-electron chi connectivity index (χ0n) is 15.1. The standard InChI is InChI=1S/C19H22N4OS2/c1-13-7-8-14(26-3)12-15(13)19(24)20-16(9-11-25-2)18-22-21-17-6-4-5-10-23(17)18/h4-8,10,12,16H,9,11H2,1-3H3,(H,20,24). The molecule has 0 fully saturated rings. The molecule has 0 aliphatic carbocycles. The molecule has 3 rings (SSSR count). The number of carbonyl (C=O) groups excluding carboxylic acids is 1. The molecule has 1 amide bonds. The summed E-state index contributed by atoms with van der Waals surface area (Å²) in [6.07, 6.45) is 6.80. The van der Waals surface area contributed by atoms with E-state index in [0.29, 0.717) is 5.56 Å². The lowest BCUT2D eigenvalue weighted by Crippen LogP contribution is -2.31. The Balaban J connectivity index is 1.90. The van der Waals surface area contributed by atoms with Crippen LogP contribution in [0.1, 0.15) is 34.2 Å². The predicted molar refractivity (Wildman–Crippen MR) is 109 cm³/mol. The molecule has 0 bridgehead atoms. The van der Waals surface area contributed by atoms with Crippen LogP contribution in [0.5, 0.6) is 0 Å². The summed E-state index contributed by atoms with van der Waals surface area (Å²) in [5, 5.41) is 11.7. The topological polar surface area (TPSA) is 59.3 Å². The lowest BCUT2D eigenvalue weighted by Gasteiger charge is -2.18. The minimum absolute atomic E-state index is 0.0721. The van der Waals surface area contributed by atoms with Crippen LogP contribution in [0.4, 0.5) is 0 Å². The first kappa shape index (κ1) is 18.8. The van der Waals surface area contributed by atoms with Gasteiger partial charge in [0.25, 0.3) is 5.91 Å². The van der Waals surface area contributed by atoms with Crippen molar-refractivity contribution < 1.29 is 4.79 Å². The second-order valence-corrected chi connectivity index (χ2v) is 7.84. The van der Waals surface area contributed by atoms with Gasteiger partial charge < -0.3 is 5.32 Å². The van der Waals surface area contributed by atoms with Gasteiger partial charge in [0.15, 0.2) is 11.5 Å². The lowest BCUT2D eigenvalue weighted by atomic mass is 10.1. The van der Waals surface area contributed by atoms with Crippen molar-refractivity contribution in [3.05, 3.63) is 59.5 Å². The van der Waals surface area contributed by atoms with Crippen LogP contribution in [-0.4, -0.2) is 38.8 Å². The Morgan fingerprint density at radius 2 is 2.08 bits per heavy atom. The Hall–Kier alpha value is -1.99. The number of fused-ring (bicyclic) bond motifs is 1. The zero-order chi connectivity index (χ0) is 18.5. The molecule has 0 saturated carbocycles. The normalized spacial score (nSPS) is 12.3. The molecule has 7 heteroatoms. The van der Waals surface area contributed by atoms with Crippen LogP contribution in [0.25, 0.3) is 5.65 Å². The number of amides is 1. The molecule has 136 valence electrons. The summed E-state index contributed by atoms with van der Waals surface area (Å²) in [4.78, 5) is 14.0. The largest absolute Gasteiger partial charge is 0.342 e. The molecular formula is C19H22N4OS2. The van der Waals surface area contributed by atoms with Crippen LogP contribution in [0, 0.1) is 6.92 Å². The van der Waals surface area contributed by atoms with E-state index in [1.54, 1.807) is 23.5 Å². The van der Waals surface area contributed by atoms with Gasteiger partial charge in [-0.25, -0.2) is 0 Å². The number of carbonyl (C=O) groups is 1. The van der Waals surface area contributed by atoms with Crippen molar-refractivity contribution in [1.82, 2.24) is 19.9 Å². The molecule has 1 atom stereocenters. The average molecular weight is 387 g/mol. The number of hydrogen-bond donors (Lipinski definition) is 1. The Kier molecular flexibility index (Phi) is 6.21. The molecule has 2 aromatic heterocycles. The maximum atomic E-state index is 13.0. The van der Waals surface area contributed by atoms with Gasteiger partial charge in [0.1, 0.15) is 0 Å². The number of hydrogen-bond acceptors (Lipinski definition) is 5. The molecular weight excluding hydrogens is 364 g/mol. The van der Waals surface area contributed by atoms with E-state index in [4.69, 9.17) is 0 Å². The number of nitrogens with zero attached hydrogens (tertiary/aromatic N) is 3. The SMILES string of the molecule is CSCCC(NC(=O)c1cc(SC)ccc1C)c1nnc2ccccn12. The zero-order valence-corrected chi connectivity index (χ0v) is 16.7. The van der Waals surface area contributed by atoms with Crippen LogP contribution in [0.3, 0.4) is 0 Å².